The minimum Gasteiger partial charge on any atom is -0.467 e. The number of ketones is 1. The Bertz CT molecular complexity index is 1350. The molecule has 4 rings (SSSR count). The van der Waals surface area contributed by atoms with E-state index in [9.17, 15) is 19.2 Å². The highest BCUT2D eigenvalue weighted by molar-refractivity contribution is 5.95. The summed E-state index contributed by atoms with van der Waals surface area (Å²) < 4.78 is 10.4. The number of benzene rings is 2. The number of para-hydroxylation sites is 1. The van der Waals surface area contributed by atoms with Crippen LogP contribution in [-0.4, -0.2) is 59.4 Å². The van der Waals surface area contributed by atoms with E-state index >= 15 is 0 Å². The Morgan fingerprint density at radius 1 is 1.11 bits per heavy atom. The van der Waals surface area contributed by atoms with Gasteiger partial charge >= 0.3 is 12.1 Å². The quantitative estimate of drug-likeness (QED) is 0.330. The van der Waals surface area contributed by atoms with Gasteiger partial charge in [-0.05, 0) is 49.1 Å². The van der Waals surface area contributed by atoms with Crippen LogP contribution in [0.1, 0.15) is 36.6 Å². The van der Waals surface area contributed by atoms with Crippen LogP contribution >= 0.6 is 0 Å². The average molecular weight is 518 g/mol. The fraction of sp³-hybridized carbons (Fsp3) is 0.310. The summed E-state index contributed by atoms with van der Waals surface area (Å²) in [6.45, 7) is 1.94. The lowest BCUT2D eigenvalue weighted by atomic mass is 10.0. The van der Waals surface area contributed by atoms with Crippen LogP contribution in [0, 0.1) is 0 Å². The van der Waals surface area contributed by atoms with E-state index in [0.717, 1.165) is 22.0 Å². The Hall–Kier alpha value is -4.40. The lowest BCUT2D eigenvalue weighted by Crippen LogP contribution is -2.51. The number of H-pyrrole nitrogens is 1. The minimum absolute atomic E-state index is 0.104. The van der Waals surface area contributed by atoms with Crippen LogP contribution in [0.15, 0.2) is 60.7 Å². The third-order valence-corrected chi connectivity index (χ3v) is 6.54. The molecule has 9 nitrogen and oxygen atoms in total. The lowest BCUT2D eigenvalue weighted by Gasteiger charge is -2.25. The van der Waals surface area contributed by atoms with Gasteiger partial charge in [0.2, 0.25) is 5.91 Å². The minimum atomic E-state index is -1.00. The highest BCUT2D eigenvalue weighted by atomic mass is 16.6. The fourth-order valence-corrected chi connectivity index (χ4v) is 4.65. The van der Waals surface area contributed by atoms with E-state index in [-0.39, 0.29) is 18.8 Å². The molecule has 2 aromatic carbocycles. The number of nitrogens with zero attached hydrogens (tertiary/aromatic N) is 1. The molecular weight excluding hydrogens is 486 g/mol. The predicted molar refractivity (Wildman–Crippen MR) is 142 cm³/mol. The van der Waals surface area contributed by atoms with Crippen molar-refractivity contribution in [3.05, 3.63) is 77.5 Å². The molecule has 1 aliphatic rings. The molecule has 1 aliphatic heterocycles. The maximum atomic E-state index is 13.3. The maximum Gasteiger partial charge on any atom is 0.410 e. The number of allylic oxidation sites excluding steroid dienone is 1. The van der Waals surface area contributed by atoms with Gasteiger partial charge in [-0.25, -0.2) is 9.59 Å². The number of fused-ring (bicyclic) bond motifs is 1. The summed E-state index contributed by atoms with van der Waals surface area (Å²) in [7, 11) is 1.26. The van der Waals surface area contributed by atoms with Crippen LogP contribution in [0.25, 0.3) is 17.0 Å². The van der Waals surface area contributed by atoms with Crippen molar-refractivity contribution in [1.29, 1.82) is 0 Å². The second kappa shape index (κ2) is 12.2. The molecule has 38 heavy (non-hydrogen) atoms. The van der Waals surface area contributed by atoms with Crippen molar-refractivity contribution >= 4 is 40.7 Å². The number of nitrogens with one attached hydrogen (secondary N) is 2. The summed E-state index contributed by atoms with van der Waals surface area (Å²) in [5.74, 6) is -1.18. The van der Waals surface area contributed by atoms with Gasteiger partial charge in [0.1, 0.15) is 18.7 Å². The molecule has 3 aromatic rings. The number of aromatic nitrogens is 1. The topological polar surface area (TPSA) is 118 Å². The highest BCUT2D eigenvalue weighted by Gasteiger charge is 2.37. The first-order valence-corrected chi connectivity index (χ1v) is 12.5. The van der Waals surface area contributed by atoms with Crippen LogP contribution < -0.4 is 5.32 Å². The van der Waals surface area contributed by atoms with Crippen LogP contribution in [0.5, 0.6) is 0 Å². The molecule has 2 heterocycles. The number of carbonyl (C=O) groups excluding carboxylic acids is 4. The predicted octanol–water partition coefficient (Wildman–Crippen LogP) is 3.77. The molecule has 2 amide bonds. The number of esters is 1. The Balaban J connectivity index is 1.51. The second-order valence-corrected chi connectivity index (χ2v) is 9.19. The molecule has 2 atom stereocenters. The number of likely N-dealkylation sites (tertiary alicyclic amines) is 1. The summed E-state index contributed by atoms with van der Waals surface area (Å²) in [6.07, 6.45) is 3.76. The van der Waals surface area contributed by atoms with Gasteiger partial charge in [-0.3, -0.25) is 14.5 Å². The van der Waals surface area contributed by atoms with E-state index in [2.05, 4.69) is 10.3 Å². The van der Waals surface area contributed by atoms with E-state index < -0.39 is 30.1 Å². The molecule has 0 spiro atoms. The van der Waals surface area contributed by atoms with Crippen molar-refractivity contribution < 1.29 is 28.7 Å². The summed E-state index contributed by atoms with van der Waals surface area (Å²) in [5, 5.41) is 3.66. The molecule has 0 unspecified atom stereocenters. The van der Waals surface area contributed by atoms with Gasteiger partial charge in [-0.1, -0.05) is 48.5 Å². The van der Waals surface area contributed by atoms with Crippen molar-refractivity contribution in [1.82, 2.24) is 15.2 Å². The van der Waals surface area contributed by atoms with Crippen molar-refractivity contribution in [3.63, 3.8) is 0 Å². The molecule has 9 heteroatoms. The molecular formula is C29H31N3O6. The van der Waals surface area contributed by atoms with E-state index in [1.165, 1.54) is 25.0 Å². The van der Waals surface area contributed by atoms with Crippen molar-refractivity contribution in [2.45, 2.75) is 44.9 Å². The first kappa shape index (κ1) is 26.7. The van der Waals surface area contributed by atoms with Crippen LogP contribution in [0.3, 0.4) is 0 Å². The van der Waals surface area contributed by atoms with Crippen molar-refractivity contribution in [2.24, 2.45) is 0 Å². The first-order chi connectivity index (χ1) is 18.4. The lowest BCUT2D eigenvalue weighted by molar-refractivity contribution is -0.145. The van der Waals surface area contributed by atoms with Gasteiger partial charge in [0.15, 0.2) is 5.78 Å². The van der Waals surface area contributed by atoms with Gasteiger partial charge in [-0.15, -0.1) is 0 Å². The summed E-state index contributed by atoms with van der Waals surface area (Å²) in [6, 6.07) is 15.1. The van der Waals surface area contributed by atoms with Gasteiger partial charge in [0.05, 0.1) is 7.11 Å². The molecule has 1 fully saturated rings. The molecule has 0 bridgehead atoms. The number of rotatable bonds is 9. The van der Waals surface area contributed by atoms with Gasteiger partial charge in [0.25, 0.3) is 0 Å². The maximum absolute atomic E-state index is 13.3. The average Bonchev–Trinajstić information content (AvgIpc) is 3.55. The largest absolute Gasteiger partial charge is 0.467 e. The summed E-state index contributed by atoms with van der Waals surface area (Å²) >= 11 is 0. The highest BCUT2D eigenvalue weighted by Crippen LogP contribution is 2.26. The number of ether oxygens (including phenoxy) is 2. The van der Waals surface area contributed by atoms with E-state index in [0.29, 0.717) is 25.1 Å². The Morgan fingerprint density at radius 3 is 2.58 bits per heavy atom. The first-order valence-electron chi connectivity index (χ1n) is 12.5. The van der Waals surface area contributed by atoms with Crippen LogP contribution in [0.2, 0.25) is 0 Å². The van der Waals surface area contributed by atoms with Gasteiger partial charge in [0, 0.05) is 29.6 Å². The second-order valence-electron chi connectivity index (χ2n) is 9.19. The number of hydrogen-bond donors (Lipinski definition) is 2. The fourth-order valence-electron chi connectivity index (χ4n) is 4.65. The van der Waals surface area contributed by atoms with Crippen molar-refractivity contribution in [3.8, 4) is 0 Å². The normalized spacial score (nSPS) is 15.9. The third kappa shape index (κ3) is 6.29. The zero-order valence-electron chi connectivity index (χ0n) is 21.4. The molecule has 1 aromatic heterocycles. The molecule has 0 saturated carbocycles. The molecule has 0 radical (unpaired) electrons. The molecule has 198 valence electrons. The van der Waals surface area contributed by atoms with E-state index in [1.807, 2.05) is 54.6 Å². The summed E-state index contributed by atoms with van der Waals surface area (Å²) in [5.41, 5.74) is 3.11. The number of aromatic amines is 1. The Labute approximate surface area is 220 Å². The van der Waals surface area contributed by atoms with Gasteiger partial charge < -0.3 is 19.8 Å². The number of methoxy groups -OCH3 is 1. The molecule has 1 saturated heterocycles. The molecule has 2 N–H and O–H groups in total. The number of amides is 2. The zero-order valence-corrected chi connectivity index (χ0v) is 21.4. The molecule has 0 aliphatic carbocycles. The zero-order chi connectivity index (χ0) is 27.1. The van der Waals surface area contributed by atoms with Crippen LogP contribution in [-0.2, 0) is 36.9 Å². The third-order valence-electron chi connectivity index (χ3n) is 6.54. The van der Waals surface area contributed by atoms with E-state index in [1.54, 1.807) is 6.08 Å². The number of hydrogen-bond acceptors (Lipinski definition) is 6. The van der Waals surface area contributed by atoms with Crippen LogP contribution in [0.4, 0.5) is 4.79 Å². The summed E-state index contributed by atoms with van der Waals surface area (Å²) in [4.78, 5) is 55.1. The smallest absolute Gasteiger partial charge is 0.410 e. The monoisotopic (exact) mass is 517 g/mol. The standard InChI is InChI=1S/C29H31N3O6/c1-19(33)14-15-24-22(21-11-6-7-12-23(21)30-24)17-25(28(35)37-2)31-27(34)26-13-8-16-32(26)29(36)38-18-20-9-4-3-5-10-20/h3-7,9-12,14-15,25-26,30H,8,13,16-18H2,1-2H3,(H,31,34)/b15-14+/t25-,26-/m0/s1. The Morgan fingerprint density at radius 2 is 1.84 bits per heavy atom. The van der Waals surface area contributed by atoms with E-state index in [4.69, 9.17) is 9.47 Å². The Kier molecular flexibility index (Phi) is 8.58. The van der Waals surface area contributed by atoms with Crippen molar-refractivity contribution in [2.75, 3.05) is 13.7 Å². The SMILES string of the molecule is COC(=O)[C@H](Cc1c(/C=C/C(C)=O)[nH]c2ccccc12)NC(=O)[C@@H]1CCCN1C(=O)OCc1ccccc1. The number of carbonyl (C=O) groups is 4. The van der Waals surface area contributed by atoms with Gasteiger partial charge in [-0.2, -0.15) is 0 Å².